The highest BCUT2D eigenvalue weighted by Crippen LogP contribution is 2.20. The fourth-order valence-electron chi connectivity index (χ4n) is 1.97. The van der Waals surface area contributed by atoms with Crippen molar-refractivity contribution >= 4 is 5.91 Å². The van der Waals surface area contributed by atoms with Crippen LogP contribution in [0.2, 0.25) is 0 Å². The van der Waals surface area contributed by atoms with Gasteiger partial charge in [0, 0.05) is 5.56 Å². The second-order valence-electron chi connectivity index (χ2n) is 4.73. The Labute approximate surface area is 120 Å². The molecular formula is C15H14F3NO2. The summed E-state index contributed by atoms with van der Waals surface area (Å²) >= 11 is 0. The predicted octanol–water partition coefficient (Wildman–Crippen LogP) is 3.79. The maximum atomic E-state index is 12.7. The maximum absolute atomic E-state index is 12.7. The Morgan fingerprint density at radius 2 is 2.00 bits per heavy atom. The normalized spacial score (nSPS) is 11.4. The number of aryl methyl sites for hydroxylation is 1. The van der Waals surface area contributed by atoms with E-state index in [0.29, 0.717) is 5.76 Å². The molecule has 1 heterocycles. The molecule has 0 spiro atoms. The second kappa shape index (κ2) is 6.03. The van der Waals surface area contributed by atoms with Crippen LogP contribution in [0.15, 0.2) is 47.1 Å². The van der Waals surface area contributed by atoms with Crippen molar-refractivity contribution < 1.29 is 22.4 Å². The molecule has 112 valence electrons. The lowest BCUT2D eigenvalue weighted by molar-refractivity contribution is -0.142. The van der Waals surface area contributed by atoms with Gasteiger partial charge in [0.2, 0.25) is 0 Å². The number of furan rings is 1. The van der Waals surface area contributed by atoms with Crippen molar-refractivity contribution in [1.29, 1.82) is 0 Å². The van der Waals surface area contributed by atoms with Gasteiger partial charge in [0.15, 0.2) is 0 Å². The molecule has 1 amide bonds. The molecule has 0 radical (unpaired) electrons. The van der Waals surface area contributed by atoms with E-state index in [9.17, 15) is 18.0 Å². The number of rotatable bonds is 4. The lowest BCUT2D eigenvalue weighted by Gasteiger charge is -2.23. The van der Waals surface area contributed by atoms with Crippen LogP contribution in [0, 0.1) is 6.92 Å². The smallest absolute Gasteiger partial charge is 0.406 e. The quantitative estimate of drug-likeness (QED) is 0.860. The van der Waals surface area contributed by atoms with Crippen molar-refractivity contribution in [3.05, 3.63) is 59.5 Å². The van der Waals surface area contributed by atoms with Crippen LogP contribution < -0.4 is 0 Å². The molecule has 21 heavy (non-hydrogen) atoms. The van der Waals surface area contributed by atoms with Crippen LogP contribution >= 0.6 is 0 Å². The molecular weight excluding hydrogens is 283 g/mol. The minimum absolute atomic E-state index is 0.223. The average Bonchev–Trinajstić information content (AvgIpc) is 2.88. The number of carbonyl (C=O) groups is 1. The minimum atomic E-state index is -4.47. The molecule has 3 nitrogen and oxygen atoms in total. The van der Waals surface area contributed by atoms with Gasteiger partial charge in [0.1, 0.15) is 12.3 Å². The summed E-state index contributed by atoms with van der Waals surface area (Å²) < 4.78 is 43.0. The van der Waals surface area contributed by atoms with Gasteiger partial charge < -0.3 is 9.32 Å². The van der Waals surface area contributed by atoms with Crippen molar-refractivity contribution in [2.24, 2.45) is 0 Å². The van der Waals surface area contributed by atoms with Crippen LogP contribution in [-0.4, -0.2) is 23.5 Å². The summed E-state index contributed by atoms with van der Waals surface area (Å²) in [6.45, 7) is 0.233. The lowest BCUT2D eigenvalue weighted by atomic mass is 10.1. The van der Waals surface area contributed by atoms with E-state index in [1.807, 2.05) is 0 Å². The summed E-state index contributed by atoms with van der Waals surface area (Å²) in [5.41, 5.74) is 1.04. The first-order chi connectivity index (χ1) is 9.85. The number of amides is 1. The molecule has 0 aliphatic carbocycles. The highest BCUT2D eigenvalue weighted by molar-refractivity contribution is 5.94. The van der Waals surface area contributed by atoms with E-state index in [4.69, 9.17) is 4.42 Å². The van der Waals surface area contributed by atoms with Crippen molar-refractivity contribution in [3.8, 4) is 0 Å². The fourth-order valence-corrected chi connectivity index (χ4v) is 1.97. The van der Waals surface area contributed by atoms with Crippen LogP contribution in [0.25, 0.3) is 0 Å². The number of benzene rings is 1. The Morgan fingerprint density at radius 1 is 1.24 bits per heavy atom. The largest absolute Gasteiger partial charge is 0.467 e. The van der Waals surface area contributed by atoms with E-state index in [0.717, 1.165) is 10.5 Å². The van der Waals surface area contributed by atoms with Gasteiger partial charge in [-0.1, -0.05) is 17.7 Å². The van der Waals surface area contributed by atoms with E-state index in [1.165, 1.54) is 18.4 Å². The van der Waals surface area contributed by atoms with Gasteiger partial charge in [-0.2, -0.15) is 13.2 Å². The monoisotopic (exact) mass is 297 g/mol. The number of nitrogens with zero attached hydrogens (tertiary/aromatic N) is 1. The predicted molar refractivity (Wildman–Crippen MR) is 70.7 cm³/mol. The zero-order valence-corrected chi connectivity index (χ0v) is 11.4. The van der Waals surface area contributed by atoms with Crippen LogP contribution in [0.3, 0.4) is 0 Å². The van der Waals surface area contributed by atoms with Crippen molar-refractivity contribution in [3.63, 3.8) is 0 Å². The molecule has 2 rings (SSSR count). The van der Waals surface area contributed by atoms with E-state index in [2.05, 4.69) is 0 Å². The number of halogens is 3. The van der Waals surface area contributed by atoms with Gasteiger partial charge >= 0.3 is 6.18 Å². The van der Waals surface area contributed by atoms with Crippen LogP contribution in [0.5, 0.6) is 0 Å². The second-order valence-corrected chi connectivity index (χ2v) is 4.73. The van der Waals surface area contributed by atoms with Gasteiger partial charge in [0.25, 0.3) is 5.91 Å². The average molecular weight is 297 g/mol. The van der Waals surface area contributed by atoms with Gasteiger partial charge in [0.05, 0.1) is 12.8 Å². The molecule has 0 N–H and O–H groups in total. The molecule has 0 saturated carbocycles. The van der Waals surface area contributed by atoms with Crippen LogP contribution in [0.4, 0.5) is 13.2 Å². The van der Waals surface area contributed by atoms with E-state index in [-0.39, 0.29) is 12.1 Å². The van der Waals surface area contributed by atoms with Gasteiger partial charge in [-0.25, -0.2) is 0 Å². The summed E-state index contributed by atoms with van der Waals surface area (Å²) in [4.78, 5) is 13.0. The molecule has 0 saturated heterocycles. The van der Waals surface area contributed by atoms with Crippen molar-refractivity contribution in [1.82, 2.24) is 4.90 Å². The molecule has 0 aliphatic heterocycles. The molecule has 1 aromatic heterocycles. The topological polar surface area (TPSA) is 33.5 Å². The molecule has 1 aromatic carbocycles. The first-order valence-electron chi connectivity index (χ1n) is 6.30. The maximum Gasteiger partial charge on any atom is 0.406 e. The third-order valence-corrected chi connectivity index (χ3v) is 2.85. The molecule has 0 aliphatic rings. The first kappa shape index (κ1) is 15.2. The summed E-state index contributed by atoms with van der Waals surface area (Å²) in [7, 11) is 0. The fraction of sp³-hybridized carbons (Fsp3) is 0.267. The zero-order valence-electron chi connectivity index (χ0n) is 11.4. The van der Waals surface area contributed by atoms with E-state index >= 15 is 0 Å². The van der Waals surface area contributed by atoms with Gasteiger partial charge in [-0.3, -0.25) is 4.79 Å². The third-order valence-electron chi connectivity index (χ3n) is 2.85. The standard InChI is InChI=1S/C15H14F3NO2/c1-11-4-2-5-12(8-11)14(20)19(10-15(16,17)18)9-13-6-3-7-21-13/h2-8H,9-10H2,1H3. The van der Waals surface area contributed by atoms with Crippen molar-refractivity contribution in [2.45, 2.75) is 19.6 Å². The number of hydrogen-bond acceptors (Lipinski definition) is 2. The molecule has 0 fully saturated rings. The summed E-state index contributed by atoms with van der Waals surface area (Å²) in [6.07, 6.45) is -3.11. The van der Waals surface area contributed by atoms with Gasteiger partial charge in [-0.05, 0) is 31.2 Å². The van der Waals surface area contributed by atoms with Crippen molar-refractivity contribution in [2.75, 3.05) is 6.54 Å². The SMILES string of the molecule is Cc1cccc(C(=O)N(Cc2ccco2)CC(F)(F)F)c1. The molecule has 2 aromatic rings. The first-order valence-corrected chi connectivity index (χ1v) is 6.30. The highest BCUT2D eigenvalue weighted by Gasteiger charge is 2.33. The Morgan fingerprint density at radius 3 is 2.57 bits per heavy atom. The highest BCUT2D eigenvalue weighted by atomic mass is 19.4. The Balaban J connectivity index is 2.23. The van der Waals surface area contributed by atoms with E-state index in [1.54, 1.807) is 31.2 Å². The summed E-state index contributed by atoms with van der Waals surface area (Å²) in [6, 6.07) is 9.58. The Hall–Kier alpha value is -2.24. The molecule has 0 bridgehead atoms. The zero-order chi connectivity index (χ0) is 15.5. The van der Waals surface area contributed by atoms with E-state index < -0.39 is 18.6 Å². The third kappa shape index (κ3) is 4.37. The molecule has 6 heteroatoms. The van der Waals surface area contributed by atoms with Gasteiger partial charge in [-0.15, -0.1) is 0 Å². The summed E-state index contributed by atoms with van der Waals surface area (Å²) in [5, 5.41) is 0. The minimum Gasteiger partial charge on any atom is -0.467 e. The number of alkyl halides is 3. The molecule has 0 unspecified atom stereocenters. The molecule has 0 atom stereocenters. The Bertz CT molecular complexity index is 606. The summed E-state index contributed by atoms with van der Waals surface area (Å²) in [5.74, 6) is -0.368. The lowest BCUT2D eigenvalue weighted by Crippen LogP contribution is -2.38. The number of carbonyl (C=O) groups excluding carboxylic acids is 1. The number of hydrogen-bond donors (Lipinski definition) is 0. The van der Waals surface area contributed by atoms with Crippen LogP contribution in [-0.2, 0) is 6.54 Å². The Kier molecular flexibility index (Phi) is 4.35. The van der Waals surface area contributed by atoms with Crippen LogP contribution in [0.1, 0.15) is 21.7 Å².